The second-order valence-electron chi connectivity index (χ2n) is 9.45. The van der Waals surface area contributed by atoms with E-state index in [9.17, 15) is 0 Å². The van der Waals surface area contributed by atoms with Crippen LogP contribution in [-0.2, 0) is 28.4 Å². The molecule has 2 aliphatic carbocycles. The number of epoxide rings is 2. The smallest absolute Gasteiger partial charge is 0.104 e. The van der Waals surface area contributed by atoms with Crippen LogP contribution in [0.25, 0.3) is 0 Å². The Morgan fingerprint density at radius 3 is 0.972 bits per heavy atom. The highest BCUT2D eigenvalue weighted by Crippen LogP contribution is 2.16. The van der Waals surface area contributed by atoms with E-state index in [1.54, 1.807) is 0 Å². The number of rotatable bonds is 12. The van der Waals surface area contributed by atoms with E-state index in [4.69, 9.17) is 33.5 Å². The Hall–Kier alpha value is -0.280. The molecule has 7 heteroatoms. The quantitative estimate of drug-likeness (QED) is 0.319. The van der Waals surface area contributed by atoms with Gasteiger partial charge in [-0.1, -0.05) is 77.0 Å². The summed E-state index contributed by atoms with van der Waals surface area (Å²) in [5.74, 6) is 0. The molecule has 4 aliphatic rings. The van der Waals surface area contributed by atoms with Crippen molar-refractivity contribution >= 4 is 0 Å². The third-order valence-electron chi connectivity index (χ3n) is 5.85. The number of hydrogen-bond acceptors (Lipinski definition) is 7. The van der Waals surface area contributed by atoms with Crippen LogP contribution in [0.2, 0.25) is 0 Å². The van der Waals surface area contributed by atoms with Crippen LogP contribution in [0.3, 0.4) is 0 Å². The minimum Gasteiger partial charge on any atom is -0.388 e. The molecule has 4 rings (SSSR count). The molecule has 218 valence electrons. The summed E-state index contributed by atoms with van der Waals surface area (Å²) in [5, 5.41) is 9.06. The van der Waals surface area contributed by atoms with Crippen LogP contribution >= 0.6 is 0 Å². The van der Waals surface area contributed by atoms with Crippen molar-refractivity contribution in [3.63, 3.8) is 0 Å². The fourth-order valence-electron chi connectivity index (χ4n) is 3.50. The minimum atomic E-state index is -0.472. The van der Waals surface area contributed by atoms with Gasteiger partial charge in [0.2, 0.25) is 0 Å². The van der Waals surface area contributed by atoms with Gasteiger partial charge in [-0.2, -0.15) is 0 Å². The van der Waals surface area contributed by atoms with Crippen LogP contribution in [0.15, 0.2) is 0 Å². The molecule has 36 heavy (non-hydrogen) atoms. The van der Waals surface area contributed by atoms with Gasteiger partial charge in [0.15, 0.2) is 0 Å². The van der Waals surface area contributed by atoms with Crippen molar-refractivity contribution in [2.24, 2.45) is 0 Å². The van der Waals surface area contributed by atoms with E-state index in [1.807, 2.05) is 27.7 Å². The lowest BCUT2D eigenvalue weighted by Gasteiger charge is -2.09. The van der Waals surface area contributed by atoms with Gasteiger partial charge in [0.25, 0.3) is 0 Å². The molecule has 0 aromatic heterocycles. The zero-order valence-electron chi connectivity index (χ0n) is 24.2. The summed E-state index contributed by atoms with van der Waals surface area (Å²) in [5.41, 5.74) is 0. The van der Waals surface area contributed by atoms with Gasteiger partial charge in [-0.3, -0.25) is 0 Å². The third-order valence-corrected chi connectivity index (χ3v) is 5.85. The average molecular weight is 521 g/mol. The second kappa shape index (κ2) is 29.3. The maximum Gasteiger partial charge on any atom is 0.104 e. The van der Waals surface area contributed by atoms with E-state index < -0.39 is 6.10 Å². The summed E-state index contributed by atoms with van der Waals surface area (Å²) in [7, 11) is 0. The van der Waals surface area contributed by atoms with Gasteiger partial charge in [0.1, 0.15) is 18.3 Å². The molecule has 2 saturated carbocycles. The van der Waals surface area contributed by atoms with Crippen molar-refractivity contribution in [2.75, 3.05) is 66.1 Å². The first-order chi connectivity index (χ1) is 17.7. The van der Waals surface area contributed by atoms with Gasteiger partial charge >= 0.3 is 0 Å². The maximum absolute atomic E-state index is 9.06. The zero-order valence-corrected chi connectivity index (χ0v) is 24.2. The molecule has 0 radical (unpaired) electrons. The van der Waals surface area contributed by atoms with Crippen LogP contribution in [0, 0.1) is 0 Å². The van der Waals surface area contributed by atoms with Crippen molar-refractivity contribution in [1.29, 1.82) is 0 Å². The fourth-order valence-corrected chi connectivity index (χ4v) is 3.50. The molecule has 1 N–H and O–H groups in total. The predicted molar refractivity (Wildman–Crippen MR) is 147 cm³/mol. The first kappa shape index (κ1) is 35.7. The van der Waals surface area contributed by atoms with Crippen LogP contribution in [0.4, 0.5) is 0 Å². The Balaban J connectivity index is 0.000000430. The van der Waals surface area contributed by atoms with Crippen molar-refractivity contribution < 1.29 is 33.5 Å². The van der Waals surface area contributed by atoms with Gasteiger partial charge in [0.05, 0.1) is 39.6 Å². The largest absolute Gasteiger partial charge is 0.388 e. The lowest BCUT2D eigenvalue weighted by atomic mass is 10.0. The van der Waals surface area contributed by atoms with Crippen LogP contribution in [-0.4, -0.2) is 89.5 Å². The minimum absolute atomic E-state index is 0.372. The van der Waals surface area contributed by atoms with E-state index in [1.165, 1.54) is 77.0 Å². The highest BCUT2D eigenvalue weighted by molar-refractivity contribution is 4.67. The highest BCUT2D eigenvalue weighted by Gasteiger charge is 2.22. The standard InChI is InChI=1S/C7H16O3.2C6H12.2C5H10O2/c1-3-9-5-7(8)6-10-4-2;2*1-2-4-6-5-3-1;2*1-2-6-3-5-4-7-5/h7-8H,3-6H2,1-2H3;2*1-6H2;2*5H,2-4H2,1H3. The van der Waals surface area contributed by atoms with Crippen molar-refractivity contribution in [2.45, 2.75) is 123 Å². The summed E-state index contributed by atoms with van der Waals surface area (Å²) >= 11 is 0. The normalized spacial score (nSPS) is 21.8. The van der Waals surface area contributed by atoms with Crippen LogP contribution in [0.1, 0.15) is 105 Å². The van der Waals surface area contributed by atoms with Crippen molar-refractivity contribution in [3.8, 4) is 0 Å². The maximum atomic E-state index is 9.06. The van der Waals surface area contributed by atoms with E-state index in [2.05, 4.69) is 0 Å². The lowest BCUT2D eigenvalue weighted by Crippen LogP contribution is -2.21. The third kappa shape index (κ3) is 31.7. The Morgan fingerprint density at radius 1 is 0.528 bits per heavy atom. The molecular weight excluding hydrogens is 460 g/mol. The molecule has 2 unspecified atom stereocenters. The molecular formula is C29H60O7. The molecule has 4 fully saturated rings. The summed E-state index contributed by atoms with van der Waals surface area (Å²) in [6, 6.07) is 0. The summed E-state index contributed by atoms with van der Waals surface area (Å²) < 4.78 is 29.8. The Labute approximate surface area is 222 Å². The fraction of sp³-hybridized carbons (Fsp3) is 1.00. The SMILES string of the molecule is C1CCCCC1.C1CCCCC1.CCOCC(O)COCC.CCOCC1CO1.CCOCC1CO1. The summed E-state index contributed by atoms with van der Waals surface area (Å²) in [4.78, 5) is 0. The molecule has 0 aromatic rings. The van der Waals surface area contributed by atoms with Crippen LogP contribution in [0.5, 0.6) is 0 Å². The van der Waals surface area contributed by atoms with Gasteiger partial charge in [-0.05, 0) is 27.7 Å². The predicted octanol–water partition coefficient (Wildman–Crippen LogP) is 5.94. The molecule has 0 amide bonds. The molecule has 0 bridgehead atoms. The number of hydrogen-bond donors (Lipinski definition) is 1. The molecule has 2 saturated heterocycles. The van der Waals surface area contributed by atoms with E-state index in [0.29, 0.717) is 38.6 Å². The monoisotopic (exact) mass is 520 g/mol. The van der Waals surface area contributed by atoms with Crippen molar-refractivity contribution in [3.05, 3.63) is 0 Å². The second-order valence-corrected chi connectivity index (χ2v) is 9.45. The zero-order chi connectivity index (χ0) is 26.5. The summed E-state index contributed by atoms with van der Waals surface area (Å²) in [6.45, 7) is 14.8. The molecule has 2 atom stereocenters. The topological polar surface area (TPSA) is 82.2 Å². The van der Waals surface area contributed by atoms with Gasteiger partial charge in [-0.25, -0.2) is 0 Å². The Morgan fingerprint density at radius 2 is 0.778 bits per heavy atom. The molecule has 7 nitrogen and oxygen atoms in total. The van der Waals surface area contributed by atoms with Gasteiger partial charge < -0.3 is 33.5 Å². The Bertz CT molecular complexity index is 336. The molecule has 0 spiro atoms. The van der Waals surface area contributed by atoms with Gasteiger partial charge in [0, 0.05) is 26.4 Å². The van der Waals surface area contributed by atoms with E-state index in [-0.39, 0.29) is 0 Å². The number of aliphatic hydroxyl groups is 1. The first-order valence-electron chi connectivity index (χ1n) is 14.9. The molecule has 2 heterocycles. The molecule has 2 aliphatic heterocycles. The Kier molecular flexibility index (Phi) is 29.1. The molecule has 0 aromatic carbocycles. The number of ether oxygens (including phenoxy) is 6. The number of aliphatic hydroxyl groups excluding tert-OH is 1. The first-order valence-corrected chi connectivity index (χ1v) is 14.9. The lowest BCUT2D eigenvalue weighted by molar-refractivity contribution is -0.0132. The van der Waals surface area contributed by atoms with E-state index >= 15 is 0 Å². The highest BCUT2D eigenvalue weighted by atomic mass is 16.6. The summed E-state index contributed by atoms with van der Waals surface area (Å²) in [6.07, 6.45) is 18.4. The van der Waals surface area contributed by atoms with E-state index in [0.717, 1.165) is 39.6 Å². The average Bonchev–Trinajstić information content (AvgIpc) is 3.88. The van der Waals surface area contributed by atoms with Gasteiger partial charge in [-0.15, -0.1) is 0 Å². The van der Waals surface area contributed by atoms with Crippen molar-refractivity contribution in [1.82, 2.24) is 0 Å². The van der Waals surface area contributed by atoms with Crippen LogP contribution < -0.4 is 0 Å².